The third-order valence-electron chi connectivity index (χ3n) is 4.06. The Morgan fingerprint density at radius 1 is 1.19 bits per heavy atom. The van der Waals surface area contributed by atoms with E-state index in [1.54, 1.807) is 12.1 Å². The molecule has 1 N–H and O–H groups in total. The second-order valence-electron chi connectivity index (χ2n) is 5.66. The smallest absolute Gasteiger partial charge is 0.335 e. The number of carboxylic acid groups (broad SMARTS) is 1. The minimum atomic E-state index is -0.916. The topological polar surface area (TPSA) is 57.6 Å². The maximum atomic E-state index is 12.2. The third kappa shape index (κ3) is 4.06. The van der Waals surface area contributed by atoms with Crippen LogP contribution in [0.4, 0.5) is 0 Å². The lowest BCUT2D eigenvalue weighted by Gasteiger charge is -2.29. The Kier molecular flexibility index (Phi) is 5.37. The number of rotatable bonds is 6. The predicted molar refractivity (Wildman–Crippen MR) is 81.3 cm³/mol. The van der Waals surface area contributed by atoms with E-state index in [0.717, 1.165) is 36.9 Å². The van der Waals surface area contributed by atoms with Crippen LogP contribution < -0.4 is 0 Å². The van der Waals surface area contributed by atoms with Crippen LogP contribution in [0.15, 0.2) is 18.2 Å². The Bertz CT molecular complexity index is 525. The van der Waals surface area contributed by atoms with Gasteiger partial charge in [0.1, 0.15) is 0 Å². The average Bonchev–Trinajstić information content (AvgIpc) is 2.50. The molecule has 4 heteroatoms. The minimum Gasteiger partial charge on any atom is -0.478 e. The van der Waals surface area contributed by atoms with Gasteiger partial charge in [0.2, 0.25) is 5.91 Å². The molecule has 1 amide bonds. The van der Waals surface area contributed by atoms with Gasteiger partial charge in [-0.25, -0.2) is 4.79 Å². The largest absolute Gasteiger partial charge is 0.478 e. The number of unbranched alkanes of at least 4 members (excludes halogenated alkanes) is 3. The Hall–Kier alpha value is -1.84. The number of hydrogen-bond donors (Lipinski definition) is 1. The van der Waals surface area contributed by atoms with E-state index in [4.69, 9.17) is 5.11 Å². The summed E-state index contributed by atoms with van der Waals surface area (Å²) in [4.78, 5) is 25.1. The van der Waals surface area contributed by atoms with Crippen LogP contribution >= 0.6 is 0 Å². The molecule has 21 heavy (non-hydrogen) atoms. The van der Waals surface area contributed by atoms with E-state index in [9.17, 15) is 9.59 Å². The normalized spacial score (nSPS) is 13.9. The zero-order chi connectivity index (χ0) is 15.2. The van der Waals surface area contributed by atoms with Gasteiger partial charge in [0, 0.05) is 19.5 Å². The van der Waals surface area contributed by atoms with Crippen molar-refractivity contribution >= 4 is 11.9 Å². The zero-order valence-electron chi connectivity index (χ0n) is 12.6. The van der Waals surface area contributed by atoms with Gasteiger partial charge >= 0.3 is 5.97 Å². The van der Waals surface area contributed by atoms with Gasteiger partial charge in [0.05, 0.1) is 5.56 Å². The van der Waals surface area contributed by atoms with Crippen LogP contribution in [0.3, 0.4) is 0 Å². The molecule has 0 aromatic heterocycles. The van der Waals surface area contributed by atoms with Crippen molar-refractivity contribution < 1.29 is 14.7 Å². The molecule has 1 aliphatic rings. The molecule has 4 nitrogen and oxygen atoms in total. The van der Waals surface area contributed by atoms with Gasteiger partial charge in [-0.2, -0.15) is 0 Å². The summed E-state index contributed by atoms with van der Waals surface area (Å²) in [5.41, 5.74) is 2.43. The molecule has 0 saturated heterocycles. The first-order chi connectivity index (χ1) is 10.1. The highest BCUT2D eigenvalue weighted by Gasteiger charge is 2.21. The quantitative estimate of drug-likeness (QED) is 0.818. The number of carbonyl (C=O) groups is 2. The Morgan fingerprint density at radius 2 is 2.00 bits per heavy atom. The molecule has 0 radical (unpaired) electrons. The van der Waals surface area contributed by atoms with Crippen molar-refractivity contribution in [2.75, 3.05) is 6.54 Å². The summed E-state index contributed by atoms with van der Waals surface area (Å²) >= 11 is 0. The van der Waals surface area contributed by atoms with Crippen LogP contribution in [0.1, 0.15) is 60.5 Å². The van der Waals surface area contributed by atoms with Crippen molar-refractivity contribution in [2.45, 2.75) is 52.0 Å². The fraction of sp³-hybridized carbons (Fsp3) is 0.529. The Labute approximate surface area is 125 Å². The molecule has 1 heterocycles. The molecule has 2 rings (SSSR count). The average molecular weight is 289 g/mol. The summed E-state index contributed by atoms with van der Waals surface area (Å²) in [7, 11) is 0. The van der Waals surface area contributed by atoms with Crippen LogP contribution in [0, 0.1) is 0 Å². The van der Waals surface area contributed by atoms with E-state index < -0.39 is 5.97 Å². The summed E-state index contributed by atoms with van der Waals surface area (Å²) in [6, 6.07) is 5.22. The standard InChI is InChI=1S/C17H23NO3/c1-2-3-4-5-6-16(19)18-10-9-13-7-8-14(17(20)21)11-15(13)12-18/h7-8,11H,2-6,9-10,12H2,1H3,(H,20,21). The SMILES string of the molecule is CCCCCCC(=O)N1CCc2ccc(C(=O)O)cc2C1. The summed E-state index contributed by atoms with van der Waals surface area (Å²) < 4.78 is 0. The first kappa shape index (κ1) is 15.5. The lowest BCUT2D eigenvalue weighted by molar-refractivity contribution is -0.132. The van der Waals surface area contributed by atoms with E-state index in [-0.39, 0.29) is 5.91 Å². The highest BCUT2D eigenvalue weighted by atomic mass is 16.4. The molecular formula is C17H23NO3. The second kappa shape index (κ2) is 7.25. The van der Waals surface area contributed by atoms with Gasteiger partial charge in [-0.15, -0.1) is 0 Å². The van der Waals surface area contributed by atoms with Gasteiger partial charge in [0.25, 0.3) is 0 Å². The van der Waals surface area contributed by atoms with Crippen molar-refractivity contribution in [1.82, 2.24) is 4.90 Å². The van der Waals surface area contributed by atoms with Gasteiger partial charge in [0.15, 0.2) is 0 Å². The van der Waals surface area contributed by atoms with Crippen LogP contribution in [0.5, 0.6) is 0 Å². The maximum absolute atomic E-state index is 12.2. The Balaban J connectivity index is 1.96. The van der Waals surface area contributed by atoms with Crippen LogP contribution in [0.25, 0.3) is 0 Å². The molecule has 0 unspecified atom stereocenters. The fourth-order valence-corrected chi connectivity index (χ4v) is 2.76. The first-order valence-electron chi connectivity index (χ1n) is 7.74. The molecule has 0 spiro atoms. The number of aromatic carboxylic acids is 1. The molecule has 0 fully saturated rings. The number of fused-ring (bicyclic) bond motifs is 1. The molecule has 114 valence electrons. The molecular weight excluding hydrogens is 266 g/mol. The lowest BCUT2D eigenvalue weighted by Crippen LogP contribution is -2.35. The summed E-state index contributed by atoms with van der Waals surface area (Å²) in [5.74, 6) is -0.724. The van der Waals surface area contributed by atoms with Crippen molar-refractivity contribution in [2.24, 2.45) is 0 Å². The number of amides is 1. The van der Waals surface area contributed by atoms with E-state index in [0.29, 0.717) is 18.5 Å². The maximum Gasteiger partial charge on any atom is 0.335 e. The van der Waals surface area contributed by atoms with Gasteiger partial charge in [-0.1, -0.05) is 32.3 Å². The molecule has 0 saturated carbocycles. The van der Waals surface area contributed by atoms with Crippen molar-refractivity contribution in [1.29, 1.82) is 0 Å². The molecule has 0 atom stereocenters. The second-order valence-corrected chi connectivity index (χ2v) is 5.66. The van der Waals surface area contributed by atoms with Crippen molar-refractivity contribution in [3.63, 3.8) is 0 Å². The van der Waals surface area contributed by atoms with Gasteiger partial charge in [-0.05, 0) is 36.1 Å². The molecule has 0 bridgehead atoms. The first-order valence-corrected chi connectivity index (χ1v) is 7.74. The van der Waals surface area contributed by atoms with Crippen molar-refractivity contribution in [3.05, 3.63) is 34.9 Å². The molecule has 1 aromatic rings. The summed E-state index contributed by atoms with van der Waals surface area (Å²) in [6.07, 6.45) is 5.83. The zero-order valence-corrected chi connectivity index (χ0v) is 12.6. The van der Waals surface area contributed by atoms with Crippen molar-refractivity contribution in [3.8, 4) is 0 Å². The van der Waals surface area contributed by atoms with Crippen LogP contribution in [0.2, 0.25) is 0 Å². The molecule has 0 aliphatic carbocycles. The van der Waals surface area contributed by atoms with E-state index in [1.807, 2.05) is 11.0 Å². The number of nitrogens with zero attached hydrogens (tertiary/aromatic N) is 1. The van der Waals surface area contributed by atoms with Gasteiger partial charge < -0.3 is 10.0 Å². The van der Waals surface area contributed by atoms with Crippen LogP contribution in [-0.4, -0.2) is 28.4 Å². The monoisotopic (exact) mass is 289 g/mol. The lowest BCUT2D eigenvalue weighted by atomic mass is 9.97. The third-order valence-corrected chi connectivity index (χ3v) is 4.06. The fourth-order valence-electron chi connectivity index (χ4n) is 2.76. The summed E-state index contributed by atoms with van der Waals surface area (Å²) in [5, 5.41) is 9.05. The number of carboxylic acids is 1. The number of hydrogen-bond acceptors (Lipinski definition) is 2. The molecule has 1 aromatic carbocycles. The van der Waals surface area contributed by atoms with E-state index >= 15 is 0 Å². The molecule has 1 aliphatic heterocycles. The number of benzene rings is 1. The van der Waals surface area contributed by atoms with Crippen LogP contribution in [-0.2, 0) is 17.8 Å². The van der Waals surface area contributed by atoms with E-state index in [1.165, 1.54) is 12.8 Å². The highest BCUT2D eigenvalue weighted by Crippen LogP contribution is 2.21. The summed E-state index contributed by atoms with van der Waals surface area (Å²) in [6.45, 7) is 3.44. The van der Waals surface area contributed by atoms with E-state index in [2.05, 4.69) is 6.92 Å². The Morgan fingerprint density at radius 3 is 2.71 bits per heavy atom. The van der Waals surface area contributed by atoms with Gasteiger partial charge in [-0.3, -0.25) is 4.79 Å². The highest BCUT2D eigenvalue weighted by molar-refractivity contribution is 5.88. The number of carbonyl (C=O) groups excluding carboxylic acids is 1. The minimum absolute atomic E-state index is 0.192. The predicted octanol–water partition coefficient (Wildman–Crippen LogP) is 3.24.